The van der Waals surface area contributed by atoms with Gasteiger partial charge in [-0.05, 0) is 6.92 Å². The standard InChI is InChI=1S/C24H58F2O40P10/c1-2-48-68(30,31)64-21-24(18-26)22-66-76(46,47)62-16-14-60-74(42,43)58-12-10-56-72(38,39)54-8-6-52-70(34,35)50-4-3-49-69(32,33)51-5-7-53-71(36,37)55-9-11-57-73(40,41)59-13-15-61-75(44,45)65-20-23(17-25)19-63-67(27,28)29/h23-24H,2-22H2,1H3,(H,30,31)(H,32,33)(H,34,35)(H,36,37)(H,38,39)(H,40,41)(H,42,43)(H,44,45)(H,46,47)(H2,27,28,29). The summed E-state index contributed by atoms with van der Waals surface area (Å²) in [5.41, 5.74) is 0. The van der Waals surface area contributed by atoms with E-state index in [9.17, 15) is 98.5 Å². The van der Waals surface area contributed by atoms with Crippen molar-refractivity contribution in [3.8, 4) is 0 Å². The maximum Gasteiger partial charge on any atom is 0.472 e. The highest BCUT2D eigenvalue weighted by atomic mass is 31.2. The van der Waals surface area contributed by atoms with Crippen LogP contribution in [0.4, 0.5) is 8.78 Å². The SMILES string of the molecule is CCOP(=O)(O)OCC(CF)COP(=O)(O)OCCOP(=O)(O)OCCOP(=O)(O)OCCOP(=O)(O)OCCOP(=O)(O)OCCOP(=O)(O)OCCOP(=O)(O)OCCOP(=O)(O)OCC(CF)COP(=O)(O)O. The van der Waals surface area contributed by atoms with Crippen molar-refractivity contribution in [2.24, 2.45) is 11.8 Å². The lowest BCUT2D eigenvalue weighted by atomic mass is 10.2. The van der Waals surface area contributed by atoms with E-state index in [-0.39, 0.29) is 6.61 Å². The highest BCUT2D eigenvalue weighted by molar-refractivity contribution is 7.49. The minimum atomic E-state index is -4.99. The van der Waals surface area contributed by atoms with Crippen LogP contribution in [0.25, 0.3) is 0 Å². The largest absolute Gasteiger partial charge is 0.472 e. The molecule has 0 aliphatic carbocycles. The Morgan fingerprint density at radius 2 is 0.408 bits per heavy atom. The quantitative estimate of drug-likeness (QED) is 0.0308. The third-order valence-corrected chi connectivity index (χ3v) is 16.4. The van der Waals surface area contributed by atoms with Gasteiger partial charge < -0.3 is 53.8 Å². The molecule has 40 nitrogen and oxygen atoms in total. The topological polar surface area (TPSA) is 569 Å². The smallest absolute Gasteiger partial charge is 0.303 e. The number of hydrogen-bond acceptors (Lipinski definition) is 29. The van der Waals surface area contributed by atoms with E-state index in [2.05, 4.69) is 86.0 Å². The summed E-state index contributed by atoms with van der Waals surface area (Å²) in [5, 5.41) is 0. The Balaban J connectivity index is 4.29. The van der Waals surface area contributed by atoms with Gasteiger partial charge in [0.25, 0.3) is 0 Å². The molecule has 0 spiro atoms. The van der Waals surface area contributed by atoms with Gasteiger partial charge in [0.2, 0.25) is 0 Å². The zero-order valence-electron chi connectivity index (χ0n) is 39.0. The lowest BCUT2D eigenvalue weighted by Crippen LogP contribution is -2.18. The molecular weight excluding hydrogens is 1280 g/mol. The second-order valence-corrected chi connectivity index (χ2v) is 27.3. The maximum atomic E-state index is 13.1. The molecule has 0 aromatic heterocycles. The van der Waals surface area contributed by atoms with E-state index in [0.717, 1.165) is 0 Å². The van der Waals surface area contributed by atoms with Gasteiger partial charge in [-0.1, -0.05) is 0 Å². The van der Waals surface area contributed by atoms with Gasteiger partial charge in [-0.15, -0.1) is 0 Å². The van der Waals surface area contributed by atoms with Crippen LogP contribution in [0.2, 0.25) is 0 Å². The number of phosphoric acid groups is 10. The summed E-state index contributed by atoms with van der Waals surface area (Å²) in [6, 6.07) is 0. The third-order valence-electron chi connectivity index (χ3n) is 6.77. The first-order valence-electron chi connectivity index (χ1n) is 20.2. The van der Waals surface area contributed by atoms with Crippen LogP contribution < -0.4 is 0 Å². The summed E-state index contributed by atoms with van der Waals surface area (Å²) in [4.78, 5) is 104. The maximum absolute atomic E-state index is 13.1. The van der Waals surface area contributed by atoms with E-state index in [0.29, 0.717) is 0 Å². The molecule has 0 bridgehead atoms. The number of hydrogen-bond donors (Lipinski definition) is 11. The molecule has 0 saturated heterocycles. The van der Waals surface area contributed by atoms with Crippen LogP contribution in [0.15, 0.2) is 0 Å². The van der Waals surface area contributed by atoms with Crippen molar-refractivity contribution in [2.75, 3.05) is 139 Å². The van der Waals surface area contributed by atoms with E-state index in [4.69, 9.17) is 9.79 Å². The van der Waals surface area contributed by atoms with Gasteiger partial charge in [-0.3, -0.25) is 94.7 Å². The minimum absolute atomic E-state index is 0.205. The summed E-state index contributed by atoms with van der Waals surface area (Å²) in [7, 11) is -49.1. The van der Waals surface area contributed by atoms with Gasteiger partial charge in [0.15, 0.2) is 0 Å². The average Bonchev–Trinajstić information content (AvgIpc) is 3.28. The van der Waals surface area contributed by atoms with Crippen LogP contribution in [0.5, 0.6) is 0 Å². The lowest BCUT2D eigenvalue weighted by molar-refractivity contribution is 0.0682. The van der Waals surface area contributed by atoms with E-state index < -0.39 is 222 Å². The summed E-state index contributed by atoms with van der Waals surface area (Å²) < 4.78 is 228. The number of alkyl halides is 2. The highest BCUT2D eigenvalue weighted by Crippen LogP contribution is 2.51. The van der Waals surface area contributed by atoms with Crippen molar-refractivity contribution in [3.63, 3.8) is 0 Å². The van der Waals surface area contributed by atoms with E-state index in [1.165, 1.54) is 6.92 Å². The van der Waals surface area contributed by atoms with Crippen molar-refractivity contribution >= 4 is 78.2 Å². The van der Waals surface area contributed by atoms with Gasteiger partial charge in [-0.25, -0.2) is 45.7 Å². The Kier molecular flexibility index (Phi) is 37.8. The van der Waals surface area contributed by atoms with Gasteiger partial charge in [-0.2, -0.15) is 0 Å². The predicted octanol–water partition coefficient (Wildman–Crippen LogP) is 2.49. The first kappa shape index (κ1) is 77.0. The molecule has 0 heterocycles. The molecule has 0 aromatic carbocycles. The molecule has 11 N–H and O–H groups in total. The second-order valence-electron chi connectivity index (χ2n) is 13.0. The van der Waals surface area contributed by atoms with Crippen LogP contribution in [-0.4, -0.2) is 193 Å². The summed E-state index contributed by atoms with van der Waals surface area (Å²) in [5.74, 6) is -2.69. The zero-order valence-corrected chi connectivity index (χ0v) is 47.9. The Morgan fingerprint density at radius 3 is 0.553 bits per heavy atom. The van der Waals surface area contributed by atoms with Crippen LogP contribution in [0, 0.1) is 11.8 Å². The third kappa shape index (κ3) is 44.5. The van der Waals surface area contributed by atoms with Crippen LogP contribution in [-0.2, 0) is 132 Å². The number of phosphoric ester groups is 10. The molecule has 0 amide bonds. The first-order valence-corrected chi connectivity index (χ1v) is 35.2. The fourth-order valence-corrected chi connectivity index (χ4v) is 10.6. The van der Waals surface area contributed by atoms with Crippen molar-refractivity contribution in [3.05, 3.63) is 0 Å². The van der Waals surface area contributed by atoms with Gasteiger partial charge in [0, 0.05) is 11.8 Å². The van der Waals surface area contributed by atoms with Crippen molar-refractivity contribution in [1.29, 1.82) is 0 Å². The van der Waals surface area contributed by atoms with Crippen molar-refractivity contribution in [2.45, 2.75) is 6.92 Å². The average molecular weight is 1330 g/mol. The highest BCUT2D eigenvalue weighted by Gasteiger charge is 2.32. The van der Waals surface area contributed by atoms with Crippen molar-refractivity contribution < 1.29 is 194 Å². The molecule has 0 aromatic rings. The van der Waals surface area contributed by atoms with Gasteiger partial charge >= 0.3 is 78.2 Å². The Morgan fingerprint density at radius 1 is 0.263 bits per heavy atom. The molecule has 11 atom stereocenters. The second kappa shape index (κ2) is 37.3. The normalized spacial score (nSPS) is 20.6. The molecule has 52 heteroatoms. The van der Waals surface area contributed by atoms with Crippen LogP contribution >= 0.6 is 78.2 Å². The molecule has 0 radical (unpaired) electrons. The summed E-state index contributed by atoms with van der Waals surface area (Å²) in [6.07, 6.45) is 0. The molecule has 0 rings (SSSR count). The molecule has 0 saturated carbocycles. The first-order chi connectivity index (χ1) is 34.8. The Labute approximate surface area is 429 Å². The van der Waals surface area contributed by atoms with Gasteiger partial charge in [0.1, 0.15) is 0 Å². The van der Waals surface area contributed by atoms with E-state index >= 15 is 0 Å². The fourth-order valence-electron chi connectivity index (χ4n) is 3.71. The minimum Gasteiger partial charge on any atom is -0.303 e. The molecule has 0 aliphatic heterocycles. The molecule has 11 unspecified atom stereocenters. The van der Waals surface area contributed by atoms with Crippen molar-refractivity contribution in [1.82, 2.24) is 0 Å². The Bertz CT molecular complexity index is 2150. The number of rotatable bonds is 51. The molecular formula is C24H58F2O40P10. The molecule has 458 valence electrons. The fraction of sp³-hybridized carbons (Fsp3) is 1.00. The molecule has 0 fully saturated rings. The lowest BCUT2D eigenvalue weighted by Gasteiger charge is -2.18. The van der Waals surface area contributed by atoms with E-state index in [1.807, 2.05) is 0 Å². The molecule has 0 aliphatic rings. The molecule has 76 heavy (non-hydrogen) atoms. The van der Waals surface area contributed by atoms with E-state index in [1.54, 1.807) is 0 Å². The van der Waals surface area contributed by atoms with Crippen LogP contribution in [0.3, 0.4) is 0 Å². The van der Waals surface area contributed by atoms with Gasteiger partial charge in [0.05, 0.1) is 139 Å². The van der Waals surface area contributed by atoms with Crippen LogP contribution in [0.1, 0.15) is 6.92 Å². The number of halogens is 2. The predicted molar refractivity (Wildman–Crippen MR) is 238 cm³/mol. The Hall–Kier alpha value is 0.960. The monoisotopic (exact) mass is 1330 g/mol. The summed E-state index contributed by atoms with van der Waals surface area (Å²) in [6.45, 7) is -17.4. The summed E-state index contributed by atoms with van der Waals surface area (Å²) >= 11 is 0. The zero-order chi connectivity index (χ0) is 58.4.